The summed E-state index contributed by atoms with van der Waals surface area (Å²) in [5.41, 5.74) is 0. The smallest absolute Gasteiger partial charge is 0.223 e. The van der Waals surface area contributed by atoms with Crippen molar-refractivity contribution in [3.63, 3.8) is 0 Å². The lowest BCUT2D eigenvalue weighted by molar-refractivity contribution is -0.139. The van der Waals surface area contributed by atoms with E-state index in [9.17, 15) is 4.79 Å². The summed E-state index contributed by atoms with van der Waals surface area (Å²) in [5, 5.41) is 7.06. The molecule has 1 atom stereocenters. The minimum atomic E-state index is -0.252. The van der Waals surface area contributed by atoms with Crippen LogP contribution in [0, 0.1) is 0 Å². The summed E-state index contributed by atoms with van der Waals surface area (Å²) < 4.78 is 11.0. The molecule has 3 heterocycles. The van der Waals surface area contributed by atoms with Crippen molar-refractivity contribution in [2.45, 2.75) is 32.3 Å². The lowest BCUT2D eigenvalue weighted by Gasteiger charge is -2.31. The van der Waals surface area contributed by atoms with Crippen LogP contribution in [0.15, 0.2) is 22.8 Å². The van der Waals surface area contributed by atoms with Gasteiger partial charge in [0.05, 0.1) is 19.4 Å². The number of morpholine rings is 1. The fourth-order valence-corrected chi connectivity index (χ4v) is 2.49. The Labute approximate surface area is 128 Å². The van der Waals surface area contributed by atoms with Crippen molar-refractivity contribution in [1.29, 1.82) is 0 Å². The van der Waals surface area contributed by atoms with E-state index in [1.807, 2.05) is 24.0 Å². The van der Waals surface area contributed by atoms with E-state index in [1.165, 1.54) is 0 Å². The minimum Gasteiger partial charge on any atom is -0.469 e. The SMILES string of the molecule is CCc1nc([C@H]2CN(C(=O)CCc3ccco3)CCO2)n[nH]1. The van der Waals surface area contributed by atoms with E-state index in [4.69, 9.17) is 9.15 Å². The molecule has 22 heavy (non-hydrogen) atoms. The van der Waals surface area contributed by atoms with Gasteiger partial charge in [0.1, 0.15) is 17.7 Å². The van der Waals surface area contributed by atoms with Crippen molar-refractivity contribution >= 4 is 5.91 Å². The molecule has 0 aromatic carbocycles. The molecule has 1 aliphatic heterocycles. The Morgan fingerprint density at radius 1 is 1.55 bits per heavy atom. The summed E-state index contributed by atoms with van der Waals surface area (Å²) in [5.74, 6) is 2.40. The number of carbonyl (C=O) groups is 1. The molecule has 1 N–H and O–H groups in total. The van der Waals surface area contributed by atoms with Crippen LogP contribution in [0.2, 0.25) is 0 Å². The molecule has 0 aliphatic carbocycles. The molecule has 7 nitrogen and oxygen atoms in total. The van der Waals surface area contributed by atoms with Gasteiger partial charge >= 0.3 is 0 Å². The van der Waals surface area contributed by atoms with Gasteiger partial charge in [0.15, 0.2) is 5.82 Å². The zero-order valence-electron chi connectivity index (χ0n) is 12.6. The standard InChI is InChI=1S/C15H20N4O3/c1-2-13-16-15(18-17-13)12-10-19(7-9-22-12)14(20)6-5-11-4-3-8-21-11/h3-4,8,12H,2,5-7,9-10H2,1H3,(H,16,17,18)/t12-/m1/s1. The molecule has 1 aliphatic rings. The lowest BCUT2D eigenvalue weighted by atomic mass is 10.2. The molecular weight excluding hydrogens is 284 g/mol. The fourth-order valence-electron chi connectivity index (χ4n) is 2.49. The quantitative estimate of drug-likeness (QED) is 0.904. The third-order valence-corrected chi connectivity index (χ3v) is 3.76. The zero-order chi connectivity index (χ0) is 15.4. The van der Waals surface area contributed by atoms with E-state index < -0.39 is 0 Å². The number of aryl methyl sites for hydroxylation is 2. The molecule has 0 unspecified atom stereocenters. The summed E-state index contributed by atoms with van der Waals surface area (Å²) in [6, 6.07) is 3.72. The van der Waals surface area contributed by atoms with Crippen LogP contribution in [0.1, 0.15) is 36.9 Å². The zero-order valence-corrected chi connectivity index (χ0v) is 12.6. The number of ether oxygens (including phenoxy) is 1. The van der Waals surface area contributed by atoms with Crippen LogP contribution in [-0.4, -0.2) is 45.7 Å². The number of aromatic nitrogens is 3. The molecule has 0 radical (unpaired) electrons. The van der Waals surface area contributed by atoms with Gasteiger partial charge in [0, 0.05) is 25.8 Å². The van der Waals surface area contributed by atoms with Crippen LogP contribution in [0.5, 0.6) is 0 Å². The molecule has 0 saturated carbocycles. The Morgan fingerprint density at radius 3 is 3.18 bits per heavy atom. The average Bonchev–Trinajstić information content (AvgIpc) is 3.24. The maximum atomic E-state index is 12.3. The first-order valence-corrected chi connectivity index (χ1v) is 7.59. The van der Waals surface area contributed by atoms with Crippen LogP contribution in [0.4, 0.5) is 0 Å². The van der Waals surface area contributed by atoms with E-state index in [-0.39, 0.29) is 12.0 Å². The maximum Gasteiger partial charge on any atom is 0.223 e. The number of hydrogen-bond acceptors (Lipinski definition) is 5. The molecule has 1 fully saturated rings. The van der Waals surface area contributed by atoms with Gasteiger partial charge < -0.3 is 14.1 Å². The first-order chi connectivity index (χ1) is 10.8. The number of aromatic amines is 1. The third-order valence-electron chi connectivity index (χ3n) is 3.76. The van der Waals surface area contributed by atoms with Crippen molar-refractivity contribution in [3.8, 4) is 0 Å². The molecule has 118 valence electrons. The fraction of sp³-hybridized carbons (Fsp3) is 0.533. The van der Waals surface area contributed by atoms with Crippen LogP contribution in [-0.2, 0) is 22.4 Å². The number of rotatable bonds is 5. The van der Waals surface area contributed by atoms with Gasteiger partial charge in [-0.3, -0.25) is 9.89 Å². The van der Waals surface area contributed by atoms with Crippen LogP contribution >= 0.6 is 0 Å². The highest BCUT2D eigenvalue weighted by atomic mass is 16.5. The normalized spacial score (nSPS) is 18.6. The van der Waals surface area contributed by atoms with Gasteiger partial charge in [0.2, 0.25) is 5.91 Å². The van der Waals surface area contributed by atoms with Crippen LogP contribution in [0.25, 0.3) is 0 Å². The molecule has 0 spiro atoms. The number of furan rings is 1. The first kappa shape index (κ1) is 14.8. The number of H-pyrrole nitrogens is 1. The number of carbonyl (C=O) groups excluding carboxylic acids is 1. The Balaban J connectivity index is 1.56. The molecule has 1 saturated heterocycles. The predicted molar refractivity (Wildman–Crippen MR) is 78.1 cm³/mol. The highest BCUT2D eigenvalue weighted by molar-refractivity contribution is 5.76. The summed E-state index contributed by atoms with van der Waals surface area (Å²) in [6.45, 7) is 3.63. The van der Waals surface area contributed by atoms with Gasteiger partial charge in [0.25, 0.3) is 0 Å². The van der Waals surface area contributed by atoms with Crippen molar-refractivity contribution in [3.05, 3.63) is 35.8 Å². The molecule has 3 rings (SSSR count). The monoisotopic (exact) mass is 304 g/mol. The molecule has 0 bridgehead atoms. The second-order valence-corrected chi connectivity index (χ2v) is 5.27. The van der Waals surface area contributed by atoms with Crippen molar-refractivity contribution in [1.82, 2.24) is 20.1 Å². The molecule has 7 heteroatoms. The minimum absolute atomic E-state index is 0.107. The topological polar surface area (TPSA) is 84.2 Å². The molecule has 2 aromatic heterocycles. The van der Waals surface area contributed by atoms with E-state index in [0.717, 1.165) is 18.0 Å². The number of nitrogens with one attached hydrogen (secondary N) is 1. The van der Waals surface area contributed by atoms with Gasteiger partial charge in [-0.1, -0.05) is 6.92 Å². The van der Waals surface area contributed by atoms with E-state index >= 15 is 0 Å². The van der Waals surface area contributed by atoms with Gasteiger partial charge in [-0.15, -0.1) is 0 Å². The molecular formula is C15H20N4O3. The van der Waals surface area contributed by atoms with Crippen molar-refractivity contribution in [2.24, 2.45) is 0 Å². The largest absolute Gasteiger partial charge is 0.469 e. The molecule has 2 aromatic rings. The number of hydrogen-bond donors (Lipinski definition) is 1. The highest BCUT2D eigenvalue weighted by Gasteiger charge is 2.27. The average molecular weight is 304 g/mol. The maximum absolute atomic E-state index is 12.3. The molecule has 1 amide bonds. The summed E-state index contributed by atoms with van der Waals surface area (Å²) in [6.07, 6.45) is 3.23. The number of nitrogens with zero attached hydrogens (tertiary/aromatic N) is 3. The van der Waals surface area contributed by atoms with E-state index in [2.05, 4.69) is 15.2 Å². The summed E-state index contributed by atoms with van der Waals surface area (Å²) in [4.78, 5) is 18.5. The Kier molecular flexibility index (Phi) is 4.53. The van der Waals surface area contributed by atoms with E-state index in [1.54, 1.807) is 6.26 Å². The second kappa shape index (κ2) is 6.74. The lowest BCUT2D eigenvalue weighted by Crippen LogP contribution is -2.42. The highest BCUT2D eigenvalue weighted by Crippen LogP contribution is 2.20. The van der Waals surface area contributed by atoms with Crippen molar-refractivity contribution in [2.75, 3.05) is 19.7 Å². The number of amides is 1. The third kappa shape index (κ3) is 3.36. The second-order valence-electron chi connectivity index (χ2n) is 5.27. The van der Waals surface area contributed by atoms with Crippen LogP contribution < -0.4 is 0 Å². The van der Waals surface area contributed by atoms with Crippen LogP contribution in [0.3, 0.4) is 0 Å². The summed E-state index contributed by atoms with van der Waals surface area (Å²) >= 11 is 0. The Bertz CT molecular complexity index is 608. The van der Waals surface area contributed by atoms with Gasteiger partial charge in [-0.2, -0.15) is 5.10 Å². The van der Waals surface area contributed by atoms with Gasteiger partial charge in [-0.25, -0.2) is 4.98 Å². The van der Waals surface area contributed by atoms with Gasteiger partial charge in [-0.05, 0) is 12.1 Å². The first-order valence-electron chi connectivity index (χ1n) is 7.59. The van der Waals surface area contributed by atoms with Crippen molar-refractivity contribution < 1.29 is 13.9 Å². The Hall–Kier alpha value is -2.15. The van der Waals surface area contributed by atoms with E-state index in [0.29, 0.717) is 38.4 Å². The predicted octanol–water partition coefficient (Wildman–Crippen LogP) is 1.49. The summed E-state index contributed by atoms with van der Waals surface area (Å²) in [7, 11) is 0. The Morgan fingerprint density at radius 2 is 2.45 bits per heavy atom.